The fraction of sp³-hybridized carbons (Fsp3) is 0.211. The minimum atomic E-state index is -0.00628. The number of ether oxygens (including phenoxy) is 2. The summed E-state index contributed by atoms with van der Waals surface area (Å²) >= 11 is 0. The van der Waals surface area contributed by atoms with Crippen molar-refractivity contribution in [1.82, 2.24) is 4.57 Å². The van der Waals surface area contributed by atoms with Crippen LogP contribution in [0.2, 0.25) is 0 Å². The highest BCUT2D eigenvalue weighted by atomic mass is 16.5. The highest BCUT2D eigenvalue weighted by molar-refractivity contribution is 5.89. The number of para-hydroxylation sites is 1. The lowest BCUT2D eigenvalue weighted by Crippen LogP contribution is -2.22. The van der Waals surface area contributed by atoms with E-state index in [4.69, 9.17) is 9.47 Å². The predicted molar refractivity (Wildman–Crippen MR) is 89.9 cm³/mol. The van der Waals surface area contributed by atoms with Gasteiger partial charge in [0.05, 0.1) is 18.2 Å². The molecule has 4 nitrogen and oxygen atoms in total. The lowest BCUT2D eigenvalue weighted by molar-refractivity contribution is 0.257. The number of rotatable bonds is 2. The molecule has 3 aromatic rings. The van der Waals surface area contributed by atoms with Crippen LogP contribution in [0.4, 0.5) is 0 Å². The molecule has 0 saturated carbocycles. The Morgan fingerprint density at radius 1 is 1.17 bits per heavy atom. The van der Waals surface area contributed by atoms with Crippen molar-refractivity contribution in [1.29, 1.82) is 0 Å². The van der Waals surface area contributed by atoms with Gasteiger partial charge in [-0.1, -0.05) is 18.2 Å². The predicted octanol–water partition coefficient (Wildman–Crippen LogP) is 3.32. The van der Waals surface area contributed by atoms with Gasteiger partial charge in [0, 0.05) is 17.5 Å². The molecular weight excluding hydrogens is 290 g/mol. The van der Waals surface area contributed by atoms with E-state index in [1.54, 1.807) is 11.7 Å². The molecule has 116 valence electrons. The SMILES string of the molecule is COc1ccc2c(c1)c1c(c(=O)n2-c2ccccc2)CC(C)O1. The van der Waals surface area contributed by atoms with Gasteiger partial charge in [-0.3, -0.25) is 9.36 Å². The van der Waals surface area contributed by atoms with Crippen molar-refractivity contribution in [3.05, 3.63) is 64.4 Å². The number of benzene rings is 2. The van der Waals surface area contributed by atoms with Gasteiger partial charge in [-0.05, 0) is 37.3 Å². The van der Waals surface area contributed by atoms with Crippen LogP contribution in [0.5, 0.6) is 11.5 Å². The molecule has 0 aliphatic carbocycles. The van der Waals surface area contributed by atoms with E-state index < -0.39 is 0 Å². The number of nitrogens with zero attached hydrogens (tertiary/aromatic N) is 1. The molecule has 0 amide bonds. The number of pyridine rings is 1. The van der Waals surface area contributed by atoms with Crippen LogP contribution in [0.1, 0.15) is 12.5 Å². The van der Waals surface area contributed by atoms with E-state index in [0.29, 0.717) is 12.2 Å². The van der Waals surface area contributed by atoms with Crippen molar-refractivity contribution in [2.45, 2.75) is 19.4 Å². The Balaban J connectivity index is 2.13. The van der Waals surface area contributed by atoms with Crippen molar-refractivity contribution in [3.8, 4) is 17.2 Å². The maximum atomic E-state index is 13.0. The maximum absolute atomic E-state index is 13.0. The fourth-order valence-electron chi connectivity index (χ4n) is 3.20. The lowest BCUT2D eigenvalue weighted by atomic mass is 10.1. The number of hydrogen-bond acceptors (Lipinski definition) is 3. The molecule has 2 heterocycles. The first-order valence-corrected chi connectivity index (χ1v) is 7.67. The largest absolute Gasteiger partial charge is 0.497 e. The Hall–Kier alpha value is -2.75. The maximum Gasteiger partial charge on any atom is 0.262 e. The molecule has 0 spiro atoms. The van der Waals surface area contributed by atoms with Crippen LogP contribution >= 0.6 is 0 Å². The molecule has 1 aliphatic rings. The Labute approximate surface area is 133 Å². The van der Waals surface area contributed by atoms with Crippen LogP contribution in [0, 0.1) is 0 Å². The quantitative estimate of drug-likeness (QED) is 0.729. The third-order valence-corrected chi connectivity index (χ3v) is 4.25. The van der Waals surface area contributed by atoms with E-state index in [9.17, 15) is 4.79 Å². The zero-order chi connectivity index (χ0) is 16.0. The summed E-state index contributed by atoms with van der Waals surface area (Å²) in [4.78, 5) is 13.0. The molecule has 1 atom stereocenters. The van der Waals surface area contributed by atoms with Gasteiger partial charge in [0.15, 0.2) is 0 Å². The highest BCUT2D eigenvalue weighted by Gasteiger charge is 2.27. The molecule has 23 heavy (non-hydrogen) atoms. The average molecular weight is 307 g/mol. The summed E-state index contributed by atoms with van der Waals surface area (Å²) < 4.78 is 13.0. The molecule has 0 bridgehead atoms. The van der Waals surface area contributed by atoms with Gasteiger partial charge < -0.3 is 9.47 Å². The molecule has 0 N–H and O–H groups in total. The van der Waals surface area contributed by atoms with Crippen molar-refractivity contribution in [2.24, 2.45) is 0 Å². The monoisotopic (exact) mass is 307 g/mol. The van der Waals surface area contributed by atoms with Crippen molar-refractivity contribution < 1.29 is 9.47 Å². The van der Waals surface area contributed by atoms with Gasteiger partial charge in [-0.15, -0.1) is 0 Å². The minimum Gasteiger partial charge on any atom is -0.497 e. The molecule has 1 aliphatic heterocycles. The Kier molecular flexibility index (Phi) is 3.11. The van der Waals surface area contributed by atoms with Crippen molar-refractivity contribution >= 4 is 10.9 Å². The van der Waals surface area contributed by atoms with E-state index in [1.165, 1.54) is 0 Å². The Morgan fingerprint density at radius 2 is 1.96 bits per heavy atom. The third kappa shape index (κ3) is 2.10. The Bertz CT molecular complexity index is 944. The van der Waals surface area contributed by atoms with E-state index in [-0.39, 0.29) is 11.7 Å². The molecule has 2 aromatic carbocycles. The van der Waals surface area contributed by atoms with Crippen LogP contribution in [-0.2, 0) is 6.42 Å². The fourth-order valence-corrected chi connectivity index (χ4v) is 3.20. The second kappa shape index (κ2) is 5.16. The number of hydrogen-bond donors (Lipinski definition) is 0. The molecule has 0 radical (unpaired) electrons. The molecule has 4 rings (SSSR count). The lowest BCUT2D eigenvalue weighted by Gasteiger charge is -2.14. The Morgan fingerprint density at radius 3 is 2.70 bits per heavy atom. The summed E-state index contributed by atoms with van der Waals surface area (Å²) in [5.74, 6) is 1.45. The third-order valence-electron chi connectivity index (χ3n) is 4.25. The smallest absolute Gasteiger partial charge is 0.262 e. The number of methoxy groups -OCH3 is 1. The second-order valence-electron chi connectivity index (χ2n) is 5.80. The summed E-state index contributed by atoms with van der Waals surface area (Å²) in [6.07, 6.45) is 0.646. The average Bonchev–Trinajstić information content (AvgIpc) is 2.98. The van der Waals surface area contributed by atoms with Crippen LogP contribution in [0.3, 0.4) is 0 Å². The van der Waals surface area contributed by atoms with Gasteiger partial charge in [-0.25, -0.2) is 0 Å². The van der Waals surface area contributed by atoms with Crippen LogP contribution in [0.15, 0.2) is 53.3 Å². The van der Waals surface area contributed by atoms with Gasteiger partial charge in [-0.2, -0.15) is 0 Å². The van der Waals surface area contributed by atoms with Crippen LogP contribution in [-0.4, -0.2) is 17.8 Å². The zero-order valence-electron chi connectivity index (χ0n) is 13.1. The minimum absolute atomic E-state index is 0.00628. The van der Waals surface area contributed by atoms with Crippen LogP contribution < -0.4 is 15.0 Å². The summed E-state index contributed by atoms with van der Waals surface area (Å²) in [5.41, 5.74) is 2.42. The topological polar surface area (TPSA) is 40.5 Å². The molecule has 4 heteroatoms. The standard InChI is InChI=1S/C19H17NO3/c1-12-10-16-18(23-12)15-11-14(22-2)8-9-17(15)20(19(16)21)13-6-4-3-5-7-13/h3-9,11-12H,10H2,1-2H3. The van der Waals surface area contributed by atoms with Gasteiger partial charge >= 0.3 is 0 Å². The normalized spacial score (nSPS) is 16.2. The molecule has 0 fully saturated rings. The van der Waals surface area contributed by atoms with Gasteiger partial charge in [0.1, 0.15) is 17.6 Å². The number of aromatic nitrogens is 1. The molecule has 0 saturated heterocycles. The highest BCUT2D eigenvalue weighted by Crippen LogP contribution is 2.36. The molecule has 1 unspecified atom stereocenters. The molecular formula is C19H17NO3. The van der Waals surface area contributed by atoms with Crippen LogP contribution in [0.25, 0.3) is 16.6 Å². The first-order chi connectivity index (χ1) is 11.2. The summed E-state index contributed by atoms with van der Waals surface area (Å²) in [7, 11) is 1.64. The second-order valence-corrected chi connectivity index (χ2v) is 5.80. The van der Waals surface area contributed by atoms with E-state index in [1.807, 2.05) is 55.5 Å². The van der Waals surface area contributed by atoms with Gasteiger partial charge in [0.25, 0.3) is 5.56 Å². The first kappa shape index (κ1) is 13.9. The summed E-state index contributed by atoms with van der Waals surface area (Å²) in [6.45, 7) is 1.98. The van der Waals surface area contributed by atoms with E-state index in [2.05, 4.69) is 0 Å². The zero-order valence-corrected chi connectivity index (χ0v) is 13.1. The van der Waals surface area contributed by atoms with E-state index in [0.717, 1.165) is 27.9 Å². The van der Waals surface area contributed by atoms with E-state index >= 15 is 0 Å². The first-order valence-electron chi connectivity index (χ1n) is 7.67. The molecule has 1 aromatic heterocycles. The summed E-state index contributed by atoms with van der Waals surface area (Å²) in [5, 5.41) is 0.909. The van der Waals surface area contributed by atoms with Gasteiger partial charge in [0.2, 0.25) is 0 Å². The van der Waals surface area contributed by atoms with Crippen molar-refractivity contribution in [3.63, 3.8) is 0 Å². The summed E-state index contributed by atoms with van der Waals surface area (Å²) in [6, 6.07) is 15.4. The number of fused-ring (bicyclic) bond motifs is 3. The van der Waals surface area contributed by atoms with Crippen molar-refractivity contribution in [2.75, 3.05) is 7.11 Å².